The third-order valence-corrected chi connectivity index (χ3v) is 2.94. The van der Waals surface area contributed by atoms with E-state index in [0.29, 0.717) is 0 Å². The Labute approximate surface area is 119 Å². The molecule has 0 unspecified atom stereocenters. The number of hydrogen-bond acceptors (Lipinski definition) is 4. The standard InChI is InChI=1S/C11H6BrF3N4O/c12-8-2-1-6(11(13,14)15)5-7(8)9(20)18-10-16-3-4-17-19-10/h1-5H,(H,16,18,19,20). The van der Waals surface area contributed by atoms with Crippen LogP contribution in [0.5, 0.6) is 0 Å². The summed E-state index contributed by atoms with van der Waals surface area (Å²) in [6.45, 7) is 0. The van der Waals surface area contributed by atoms with Gasteiger partial charge >= 0.3 is 6.18 Å². The Morgan fingerprint density at radius 2 is 2.00 bits per heavy atom. The maximum atomic E-state index is 12.6. The molecular weight excluding hydrogens is 341 g/mol. The third-order valence-electron chi connectivity index (χ3n) is 2.25. The smallest absolute Gasteiger partial charge is 0.289 e. The van der Waals surface area contributed by atoms with Crippen molar-refractivity contribution in [2.45, 2.75) is 6.18 Å². The molecule has 2 aromatic rings. The second kappa shape index (κ2) is 5.53. The van der Waals surface area contributed by atoms with E-state index < -0.39 is 17.6 Å². The van der Waals surface area contributed by atoms with Crippen molar-refractivity contribution in [2.75, 3.05) is 5.32 Å². The zero-order valence-corrected chi connectivity index (χ0v) is 11.2. The fourth-order valence-electron chi connectivity index (χ4n) is 1.35. The zero-order valence-electron chi connectivity index (χ0n) is 9.65. The lowest BCUT2D eigenvalue weighted by atomic mass is 10.1. The molecule has 0 saturated carbocycles. The van der Waals surface area contributed by atoms with Crippen LogP contribution in [0.4, 0.5) is 19.1 Å². The molecule has 0 aliphatic rings. The van der Waals surface area contributed by atoms with Gasteiger partial charge in [0.1, 0.15) is 0 Å². The maximum Gasteiger partial charge on any atom is 0.416 e. The molecule has 5 nitrogen and oxygen atoms in total. The number of carbonyl (C=O) groups excluding carboxylic acids is 1. The number of nitrogens with one attached hydrogen (secondary N) is 1. The molecule has 0 aliphatic carbocycles. The van der Waals surface area contributed by atoms with E-state index in [1.165, 1.54) is 12.4 Å². The second-order valence-electron chi connectivity index (χ2n) is 3.61. The first-order valence-electron chi connectivity index (χ1n) is 5.20. The second-order valence-corrected chi connectivity index (χ2v) is 4.47. The van der Waals surface area contributed by atoms with Crippen LogP contribution >= 0.6 is 15.9 Å². The SMILES string of the molecule is O=C(Nc1nccnn1)c1cc(C(F)(F)F)ccc1Br. The summed E-state index contributed by atoms with van der Waals surface area (Å²) in [6, 6.07) is 2.78. The van der Waals surface area contributed by atoms with Gasteiger partial charge in [-0.2, -0.15) is 18.3 Å². The first-order chi connectivity index (χ1) is 9.38. The fourth-order valence-corrected chi connectivity index (χ4v) is 1.78. The van der Waals surface area contributed by atoms with Crippen molar-refractivity contribution >= 4 is 27.8 Å². The lowest BCUT2D eigenvalue weighted by molar-refractivity contribution is -0.137. The summed E-state index contributed by atoms with van der Waals surface area (Å²) in [4.78, 5) is 15.6. The fraction of sp³-hybridized carbons (Fsp3) is 0.0909. The maximum absolute atomic E-state index is 12.6. The van der Waals surface area contributed by atoms with Crippen LogP contribution in [0.3, 0.4) is 0 Å². The molecule has 1 amide bonds. The lowest BCUT2D eigenvalue weighted by Gasteiger charge is -2.10. The first kappa shape index (κ1) is 14.4. The summed E-state index contributed by atoms with van der Waals surface area (Å²) in [5.41, 5.74) is -1.09. The summed E-state index contributed by atoms with van der Waals surface area (Å²) >= 11 is 3.03. The van der Waals surface area contributed by atoms with Crippen molar-refractivity contribution < 1.29 is 18.0 Å². The number of carbonyl (C=O) groups is 1. The highest BCUT2D eigenvalue weighted by molar-refractivity contribution is 9.10. The van der Waals surface area contributed by atoms with E-state index in [9.17, 15) is 18.0 Å². The van der Waals surface area contributed by atoms with Crippen molar-refractivity contribution in [2.24, 2.45) is 0 Å². The van der Waals surface area contributed by atoms with E-state index in [4.69, 9.17) is 0 Å². The van der Waals surface area contributed by atoms with Crippen molar-refractivity contribution in [3.8, 4) is 0 Å². The van der Waals surface area contributed by atoms with Gasteiger partial charge in [0.25, 0.3) is 5.91 Å². The predicted molar refractivity (Wildman–Crippen MR) is 66.9 cm³/mol. The van der Waals surface area contributed by atoms with Crippen LogP contribution in [0.2, 0.25) is 0 Å². The van der Waals surface area contributed by atoms with E-state index in [2.05, 4.69) is 36.4 Å². The molecule has 1 aromatic heterocycles. The summed E-state index contributed by atoms with van der Waals surface area (Å²) in [6.07, 6.45) is -1.93. The van der Waals surface area contributed by atoms with Crippen molar-refractivity contribution in [3.05, 3.63) is 46.2 Å². The molecule has 20 heavy (non-hydrogen) atoms. The van der Waals surface area contributed by atoms with Crippen LogP contribution in [-0.2, 0) is 6.18 Å². The number of nitrogens with zero attached hydrogens (tertiary/aromatic N) is 3. The van der Waals surface area contributed by atoms with Crippen LogP contribution in [0.1, 0.15) is 15.9 Å². The van der Waals surface area contributed by atoms with E-state index in [1.54, 1.807) is 0 Å². The highest BCUT2D eigenvalue weighted by Crippen LogP contribution is 2.32. The van der Waals surface area contributed by atoms with Crippen LogP contribution < -0.4 is 5.32 Å². The number of aromatic nitrogens is 3. The Balaban J connectivity index is 2.30. The molecule has 0 atom stereocenters. The van der Waals surface area contributed by atoms with Crippen molar-refractivity contribution in [1.29, 1.82) is 0 Å². The number of halogens is 4. The summed E-state index contributed by atoms with van der Waals surface area (Å²) in [5.74, 6) is -0.863. The van der Waals surface area contributed by atoms with Crippen LogP contribution in [-0.4, -0.2) is 21.1 Å². The Kier molecular flexibility index (Phi) is 3.98. The number of amides is 1. The quantitative estimate of drug-likeness (QED) is 0.907. The van der Waals surface area contributed by atoms with Gasteiger partial charge in [-0.25, -0.2) is 4.98 Å². The Hall–Kier alpha value is -2.03. The molecule has 0 spiro atoms. The van der Waals surface area contributed by atoms with Gasteiger partial charge in [0, 0.05) is 4.47 Å². The normalized spacial score (nSPS) is 11.2. The van der Waals surface area contributed by atoms with Crippen molar-refractivity contribution in [3.63, 3.8) is 0 Å². The number of benzene rings is 1. The Bertz CT molecular complexity index is 633. The molecule has 0 saturated heterocycles. The van der Waals surface area contributed by atoms with E-state index >= 15 is 0 Å². The van der Waals surface area contributed by atoms with E-state index in [1.807, 2.05) is 0 Å². The highest BCUT2D eigenvalue weighted by Gasteiger charge is 2.31. The van der Waals surface area contributed by atoms with Gasteiger partial charge in [-0.1, -0.05) is 0 Å². The molecule has 0 fully saturated rings. The number of hydrogen-bond donors (Lipinski definition) is 1. The molecule has 2 rings (SSSR count). The monoisotopic (exact) mass is 346 g/mol. The summed E-state index contributed by atoms with van der Waals surface area (Å²) in [7, 11) is 0. The minimum Gasteiger partial charge on any atom is -0.289 e. The van der Waals surface area contributed by atoms with Crippen molar-refractivity contribution in [1.82, 2.24) is 15.2 Å². The third kappa shape index (κ3) is 3.29. The molecule has 1 N–H and O–H groups in total. The topological polar surface area (TPSA) is 67.8 Å². The minimum absolute atomic E-state index is 0.0955. The van der Waals surface area contributed by atoms with Gasteiger partial charge in [-0.15, -0.1) is 5.10 Å². The highest BCUT2D eigenvalue weighted by atomic mass is 79.9. The van der Waals surface area contributed by atoms with Gasteiger partial charge in [-0.05, 0) is 34.1 Å². The average Bonchev–Trinajstić information content (AvgIpc) is 2.39. The first-order valence-corrected chi connectivity index (χ1v) is 5.99. The lowest BCUT2D eigenvalue weighted by Crippen LogP contribution is -2.16. The van der Waals surface area contributed by atoms with Crippen LogP contribution in [0, 0.1) is 0 Å². The number of alkyl halides is 3. The zero-order chi connectivity index (χ0) is 14.8. The van der Waals surface area contributed by atoms with Crippen LogP contribution in [0.15, 0.2) is 35.1 Å². The number of anilines is 1. The predicted octanol–water partition coefficient (Wildman–Crippen LogP) is 2.91. The number of rotatable bonds is 2. The largest absolute Gasteiger partial charge is 0.416 e. The van der Waals surface area contributed by atoms with Gasteiger partial charge in [0.15, 0.2) is 0 Å². The summed E-state index contributed by atoms with van der Waals surface area (Å²) in [5, 5.41) is 9.26. The van der Waals surface area contributed by atoms with Gasteiger partial charge in [-0.3, -0.25) is 10.1 Å². The van der Waals surface area contributed by atoms with Crippen LogP contribution in [0.25, 0.3) is 0 Å². The van der Waals surface area contributed by atoms with Gasteiger partial charge in [0.2, 0.25) is 5.95 Å². The molecule has 1 aromatic carbocycles. The minimum atomic E-state index is -4.53. The van der Waals surface area contributed by atoms with Gasteiger partial charge < -0.3 is 0 Å². The molecule has 0 radical (unpaired) electrons. The molecule has 9 heteroatoms. The Morgan fingerprint density at radius 3 is 2.60 bits per heavy atom. The molecule has 0 bridgehead atoms. The molecule has 0 aliphatic heterocycles. The summed E-state index contributed by atoms with van der Waals surface area (Å²) < 4.78 is 38.1. The van der Waals surface area contributed by atoms with E-state index in [-0.39, 0.29) is 16.0 Å². The molecule has 1 heterocycles. The molecular formula is C11H6BrF3N4O. The van der Waals surface area contributed by atoms with Gasteiger partial charge in [0.05, 0.1) is 23.5 Å². The Morgan fingerprint density at radius 1 is 1.25 bits per heavy atom. The molecule has 104 valence electrons. The van der Waals surface area contributed by atoms with E-state index in [0.717, 1.165) is 18.2 Å². The average molecular weight is 347 g/mol.